The van der Waals surface area contributed by atoms with Crippen LogP contribution in [0.5, 0.6) is 5.75 Å². The van der Waals surface area contributed by atoms with Gasteiger partial charge in [-0.1, -0.05) is 25.5 Å². The minimum Gasteiger partial charge on any atom is -0.489 e. The van der Waals surface area contributed by atoms with Crippen LogP contribution >= 0.6 is 11.3 Å². The molecule has 1 aromatic heterocycles. The van der Waals surface area contributed by atoms with Gasteiger partial charge in [-0.05, 0) is 17.9 Å². The van der Waals surface area contributed by atoms with E-state index in [1.165, 1.54) is 6.42 Å². The Balaban J connectivity index is 2.11. The van der Waals surface area contributed by atoms with Crippen molar-refractivity contribution in [2.75, 3.05) is 6.61 Å². The first kappa shape index (κ1) is 9.33. The monoisotopic (exact) mass is 182 g/mol. The van der Waals surface area contributed by atoms with E-state index in [2.05, 4.69) is 19.1 Å². The summed E-state index contributed by atoms with van der Waals surface area (Å²) in [6.45, 7) is 2.86. The molecule has 0 aliphatic carbocycles. The highest BCUT2D eigenvalue weighted by molar-refractivity contribution is 7.08. The predicted molar refractivity (Wildman–Crippen MR) is 53.9 cm³/mol. The van der Waals surface area contributed by atoms with Gasteiger partial charge in [0.05, 0.1) is 0 Å². The molecule has 1 rings (SSSR count). The zero-order valence-corrected chi connectivity index (χ0v) is 8.14. The second-order valence-electron chi connectivity index (χ2n) is 2.53. The molecule has 0 saturated carbocycles. The van der Waals surface area contributed by atoms with Crippen LogP contribution in [0.2, 0.25) is 0 Å². The summed E-state index contributed by atoms with van der Waals surface area (Å²) in [5.41, 5.74) is 0. The summed E-state index contributed by atoms with van der Waals surface area (Å²) in [4.78, 5) is 0. The van der Waals surface area contributed by atoms with Gasteiger partial charge in [-0.3, -0.25) is 0 Å². The van der Waals surface area contributed by atoms with Crippen LogP contribution in [-0.2, 0) is 0 Å². The van der Waals surface area contributed by atoms with Gasteiger partial charge in [-0.2, -0.15) is 0 Å². The normalized spacial score (nSPS) is 10.8. The second-order valence-corrected chi connectivity index (χ2v) is 3.31. The molecule has 1 heterocycles. The number of allylic oxidation sites excluding steroid dienone is 1. The standard InChI is InChI=1S/C10H14OS/c1-2-3-4-5-7-11-10-6-8-12-9-10/h4-6,8-9H,2-3,7H2,1H3/b5-4+. The molecule has 0 spiro atoms. The molecule has 0 fully saturated rings. The van der Waals surface area contributed by atoms with E-state index in [1.54, 1.807) is 11.3 Å². The Bertz CT molecular complexity index is 214. The third kappa shape index (κ3) is 3.58. The summed E-state index contributed by atoms with van der Waals surface area (Å²) in [6.07, 6.45) is 6.58. The number of hydrogen-bond donors (Lipinski definition) is 0. The van der Waals surface area contributed by atoms with Crippen LogP contribution < -0.4 is 4.74 Å². The summed E-state index contributed by atoms with van der Waals surface area (Å²) in [7, 11) is 0. The molecule has 66 valence electrons. The number of hydrogen-bond acceptors (Lipinski definition) is 2. The molecule has 0 aliphatic rings. The maximum atomic E-state index is 5.42. The van der Waals surface area contributed by atoms with Crippen LogP contribution in [0, 0.1) is 0 Å². The Kier molecular flexibility index (Phi) is 4.54. The van der Waals surface area contributed by atoms with Crippen LogP contribution in [0.25, 0.3) is 0 Å². The molecule has 1 nitrogen and oxygen atoms in total. The van der Waals surface area contributed by atoms with Crippen LogP contribution in [0.1, 0.15) is 19.8 Å². The second kappa shape index (κ2) is 5.84. The van der Waals surface area contributed by atoms with Crippen LogP contribution in [0.3, 0.4) is 0 Å². The molecule has 0 radical (unpaired) electrons. The first-order valence-corrected chi connectivity index (χ1v) is 5.17. The fourth-order valence-corrected chi connectivity index (χ4v) is 1.40. The van der Waals surface area contributed by atoms with Gasteiger partial charge in [-0.15, -0.1) is 11.3 Å². The van der Waals surface area contributed by atoms with Crippen LogP contribution in [-0.4, -0.2) is 6.61 Å². The van der Waals surface area contributed by atoms with Crippen molar-refractivity contribution in [3.05, 3.63) is 29.0 Å². The third-order valence-electron chi connectivity index (χ3n) is 1.46. The summed E-state index contributed by atoms with van der Waals surface area (Å²) >= 11 is 1.66. The Morgan fingerprint density at radius 2 is 2.42 bits per heavy atom. The van der Waals surface area contributed by atoms with Gasteiger partial charge in [0.1, 0.15) is 12.4 Å². The lowest BCUT2D eigenvalue weighted by Gasteiger charge is -1.97. The van der Waals surface area contributed by atoms with Crippen LogP contribution in [0.4, 0.5) is 0 Å². The number of thiophene rings is 1. The van der Waals surface area contributed by atoms with E-state index in [9.17, 15) is 0 Å². The quantitative estimate of drug-likeness (QED) is 0.633. The molecule has 0 unspecified atom stereocenters. The van der Waals surface area contributed by atoms with E-state index >= 15 is 0 Å². The predicted octanol–water partition coefficient (Wildman–Crippen LogP) is 3.48. The van der Waals surface area contributed by atoms with E-state index < -0.39 is 0 Å². The van der Waals surface area contributed by atoms with Crippen LogP contribution in [0.15, 0.2) is 29.0 Å². The molecule has 0 N–H and O–H groups in total. The fourth-order valence-electron chi connectivity index (χ4n) is 0.831. The Morgan fingerprint density at radius 3 is 3.08 bits per heavy atom. The van der Waals surface area contributed by atoms with Gasteiger partial charge in [-0.25, -0.2) is 0 Å². The molecule has 0 atom stereocenters. The molecule has 1 aromatic rings. The van der Waals surface area contributed by atoms with Crippen molar-refractivity contribution in [2.24, 2.45) is 0 Å². The van der Waals surface area contributed by atoms with Gasteiger partial charge in [0.25, 0.3) is 0 Å². The molecular weight excluding hydrogens is 168 g/mol. The zero-order chi connectivity index (χ0) is 8.65. The smallest absolute Gasteiger partial charge is 0.130 e. The Labute approximate surface area is 77.7 Å². The van der Waals surface area contributed by atoms with Gasteiger partial charge < -0.3 is 4.74 Å². The van der Waals surface area contributed by atoms with E-state index in [1.807, 2.05) is 16.8 Å². The lowest BCUT2D eigenvalue weighted by Crippen LogP contribution is -1.90. The van der Waals surface area contributed by atoms with Gasteiger partial charge in [0.15, 0.2) is 0 Å². The Hall–Kier alpha value is -0.760. The third-order valence-corrected chi connectivity index (χ3v) is 2.12. The summed E-state index contributed by atoms with van der Waals surface area (Å²) in [6, 6.07) is 1.98. The van der Waals surface area contributed by atoms with Crippen molar-refractivity contribution >= 4 is 11.3 Å². The maximum Gasteiger partial charge on any atom is 0.130 e. The van der Waals surface area contributed by atoms with Gasteiger partial charge >= 0.3 is 0 Å². The highest BCUT2D eigenvalue weighted by Crippen LogP contribution is 2.14. The first-order chi connectivity index (χ1) is 5.93. The lowest BCUT2D eigenvalue weighted by atomic mass is 10.3. The summed E-state index contributed by atoms with van der Waals surface area (Å²) in [5.74, 6) is 0.973. The van der Waals surface area contributed by atoms with Crippen molar-refractivity contribution in [1.82, 2.24) is 0 Å². The van der Waals surface area contributed by atoms with Crippen molar-refractivity contribution < 1.29 is 4.74 Å². The molecular formula is C10H14OS. The summed E-state index contributed by atoms with van der Waals surface area (Å²) in [5, 5.41) is 4.03. The zero-order valence-electron chi connectivity index (χ0n) is 7.32. The SMILES string of the molecule is CCC/C=C/COc1ccsc1. The average molecular weight is 182 g/mol. The molecule has 0 aromatic carbocycles. The molecule has 0 amide bonds. The number of rotatable bonds is 5. The molecule has 2 heteroatoms. The molecule has 0 saturated heterocycles. The van der Waals surface area contributed by atoms with Crippen molar-refractivity contribution in [3.63, 3.8) is 0 Å². The van der Waals surface area contributed by atoms with Crippen molar-refractivity contribution in [1.29, 1.82) is 0 Å². The minimum absolute atomic E-state index is 0.691. The number of ether oxygens (including phenoxy) is 1. The largest absolute Gasteiger partial charge is 0.489 e. The summed E-state index contributed by atoms with van der Waals surface area (Å²) < 4.78 is 5.42. The van der Waals surface area contributed by atoms with E-state index in [0.717, 1.165) is 12.2 Å². The lowest BCUT2D eigenvalue weighted by molar-refractivity contribution is 0.364. The maximum absolute atomic E-state index is 5.42. The van der Waals surface area contributed by atoms with E-state index in [-0.39, 0.29) is 0 Å². The minimum atomic E-state index is 0.691. The number of unbranched alkanes of at least 4 members (excludes halogenated alkanes) is 1. The average Bonchev–Trinajstić information content (AvgIpc) is 2.57. The van der Waals surface area contributed by atoms with Crippen molar-refractivity contribution in [2.45, 2.75) is 19.8 Å². The van der Waals surface area contributed by atoms with E-state index in [4.69, 9.17) is 4.74 Å². The molecule has 0 bridgehead atoms. The van der Waals surface area contributed by atoms with E-state index in [0.29, 0.717) is 6.61 Å². The Morgan fingerprint density at radius 1 is 1.50 bits per heavy atom. The van der Waals surface area contributed by atoms with Gasteiger partial charge in [0, 0.05) is 5.38 Å². The van der Waals surface area contributed by atoms with Crippen molar-refractivity contribution in [3.8, 4) is 5.75 Å². The topological polar surface area (TPSA) is 9.23 Å². The fraction of sp³-hybridized carbons (Fsp3) is 0.400. The molecule has 0 aliphatic heterocycles. The van der Waals surface area contributed by atoms with Gasteiger partial charge in [0.2, 0.25) is 0 Å². The first-order valence-electron chi connectivity index (χ1n) is 4.23. The highest BCUT2D eigenvalue weighted by atomic mass is 32.1. The highest BCUT2D eigenvalue weighted by Gasteiger charge is 1.88. The molecule has 12 heavy (non-hydrogen) atoms.